The third-order valence-electron chi connectivity index (χ3n) is 4.05. The zero-order valence-electron chi connectivity index (χ0n) is 17.6. The minimum Gasteiger partial charge on any atom is -0.497 e. The molecule has 0 saturated heterocycles. The molecule has 34 heavy (non-hydrogen) atoms. The number of carbonyl (C=O) groups excluding carboxylic acids is 1. The van der Waals surface area contributed by atoms with Crippen LogP contribution in [0.15, 0.2) is 63.3 Å². The van der Waals surface area contributed by atoms with Crippen molar-refractivity contribution in [3.8, 4) is 17.6 Å². The number of benzene rings is 2. The van der Waals surface area contributed by atoms with Crippen molar-refractivity contribution >= 4 is 48.4 Å². The molecule has 0 atom stereocenters. The molecule has 14 heteroatoms. The van der Waals surface area contributed by atoms with E-state index in [1.165, 1.54) is 61.7 Å². The second-order valence-corrected chi connectivity index (χ2v) is 11.3. The quantitative estimate of drug-likeness (QED) is 0.201. The predicted molar refractivity (Wildman–Crippen MR) is 122 cm³/mol. The molecule has 0 saturated carbocycles. The summed E-state index contributed by atoms with van der Waals surface area (Å²) in [5.41, 5.74) is 0.116. The van der Waals surface area contributed by atoms with Gasteiger partial charge in [-0.3, -0.25) is 10.1 Å². The number of amides is 1. The van der Waals surface area contributed by atoms with Crippen LogP contribution in [0.25, 0.3) is 6.08 Å². The van der Waals surface area contributed by atoms with Gasteiger partial charge >= 0.3 is 10.1 Å². The number of anilines is 1. The number of nitriles is 1. The van der Waals surface area contributed by atoms with Crippen LogP contribution in [0.5, 0.6) is 11.5 Å². The average Bonchev–Trinajstić information content (AvgIpc) is 3.27. The molecule has 0 bridgehead atoms. The molecule has 1 N–H and O–H groups in total. The zero-order chi connectivity index (χ0) is 24.9. The summed E-state index contributed by atoms with van der Waals surface area (Å²) in [7, 11) is -6.19. The van der Waals surface area contributed by atoms with E-state index in [9.17, 15) is 26.9 Å². The van der Waals surface area contributed by atoms with Gasteiger partial charge in [0.2, 0.25) is 19.3 Å². The number of sulfone groups is 1. The summed E-state index contributed by atoms with van der Waals surface area (Å²) in [5.74, 6) is -0.298. The number of nitrogens with one attached hydrogen (secondary N) is 1. The lowest BCUT2D eigenvalue weighted by molar-refractivity contribution is -0.112. The lowest BCUT2D eigenvalue weighted by atomic mass is 10.1. The molecule has 3 aromatic rings. The number of nitrogens with zero attached hydrogens (tertiary/aromatic N) is 3. The first-order chi connectivity index (χ1) is 16.0. The standard InChI is InChI=1S/C20H16N4O7S3/c1-30-15-7-9-17(10-8-15)34(28,29)31-16-5-3-13(4-6-16)11-14(12-21)18(25)22-19-23-24-20(32-19)33(2,26)27/h3-11H,1-2H3,(H,22,23,25). The number of carbonyl (C=O) groups is 1. The first-order valence-corrected chi connectivity index (χ1v) is 13.3. The fraction of sp³-hybridized carbons (Fsp3) is 0.100. The van der Waals surface area contributed by atoms with E-state index in [1.807, 2.05) is 0 Å². The normalized spacial score (nSPS) is 12.0. The maximum Gasteiger partial charge on any atom is 0.339 e. The maximum atomic E-state index is 12.4. The van der Waals surface area contributed by atoms with Gasteiger partial charge in [0.25, 0.3) is 5.91 Å². The number of aromatic nitrogens is 2. The molecule has 176 valence electrons. The van der Waals surface area contributed by atoms with Gasteiger partial charge in [0.15, 0.2) is 0 Å². The Balaban J connectivity index is 1.72. The monoisotopic (exact) mass is 520 g/mol. The summed E-state index contributed by atoms with van der Waals surface area (Å²) in [6.07, 6.45) is 2.21. The Morgan fingerprint density at radius 2 is 1.65 bits per heavy atom. The fourth-order valence-corrected chi connectivity index (χ4v) is 4.86. The van der Waals surface area contributed by atoms with Crippen molar-refractivity contribution in [2.24, 2.45) is 0 Å². The lowest BCUT2D eigenvalue weighted by Gasteiger charge is -2.08. The number of methoxy groups -OCH3 is 1. The largest absolute Gasteiger partial charge is 0.497 e. The number of ether oxygens (including phenoxy) is 1. The molecule has 3 rings (SSSR count). The highest BCUT2D eigenvalue weighted by molar-refractivity contribution is 7.92. The van der Waals surface area contributed by atoms with Gasteiger partial charge in [-0.2, -0.15) is 13.7 Å². The number of rotatable bonds is 8. The molecular formula is C20H16N4O7S3. The zero-order valence-corrected chi connectivity index (χ0v) is 20.1. The van der Waals surface area contributed by atoms with E-state index in [0.29, 0.717) is 22.6 Å². The van der Waals surface area contributed by atoms with Crippen molar-refractivity contribution in [3.05, 3.63) is 59.7 Å². The van der Waals surface area contributed by atoms with Crippen LogP contribution >= 0.6 is 11.3 Å². The van der Waals surface area contributed by atoms with Crippen LogP contribution in [0, 0.1) is 11.3 Å². The molecular weight excluding hydrogens is 504 g/mol. The van der Waals surface area contributed by atoms with E-state index in [0.717, 1.165) is 6.26 Å². The highest BCUT2D eigenvalue weighted by Gasteiger charge is 2.18. The summed E-state index contributed by atoms with van der Waals surface area (Å²) >= 11 is 0.651. The smallest absolute Gasteiger partial charge is 0.339 e. The van der Waals surface area contributed by atoms with Gasteiger partial charge in [-0.1, -0.05) is 23.5 Å². The fourth-order valence-electron chi connectivity index (χ4n) is 2.43. The van der Waals surface area contributed by atoms with Crippen molar-refractivity contribution in [1.29, 1.82) is 5.26 Å². The molecule has 0 aliphatic heterocycles. The average molecular weight is 521 g/mol. The van der Waals surface area contributed by atoms with Crippen molar-refractivity contribution in [3.63, 3.8) is 0 Å². The SMILES string of the molecule is COc1ccc(S(=O)(=O)Oc2ccc(C=C(C#N)C(=O)Nc3nnc(S(C)(=O)=O)s3)cc2)cc1. The highest BCUT2D eigenvalue weighted by Crippen LogP contribution is 2.23. The van der Waals surface area contributed by atoms with Gasteiger partial charge in [-0.05, 0) is 48.0 Å². The van der Waals surface area contributed by atoms with Crippen molar-refractivity contribution < 1.29 is 30.6 Å². The van der Waals surface area contributed by atoms with Crippen LogP contribution < -0.4 is 14.2 Å². The second kappa shape index (κ2) is 10.00. The Bertz CT molecular complexity index is 1490. The number of hydrogen-bond acceptors (Lipinski definition) is 11. The Labute approximate surface area is 199 Å². The minimum atomic E-state index is -4.08. The minimum absolute atomic E-state index is 0.0260. The Morgan fingerprint density at radius 1 is 1.03 bits per heavy atom. The topological polar surface area (TPSA) is 165 Å². The van der Waals surface area contributed by atoms with Crippen molar-refractivity contribution in [2.45, 2.75) is 9.24 Å². The maximum absolute atomic E-state index is 12.4. The lowest BCUT2D eigenvalue weighted by Crippen LogP contribution is -2.13. The summed E-state index contributed by atoms with van der Waals surface area (Å²) in [4.78, 5) is 12.3. The van der Waals surface area contributed by atoms with Crippen molar-refractivity contribution in [2.75, 3.05) is 18.7 Å². The van der Waals surface area contributed by atoms with Crippen LogP contribution in [0.2, 0.25) is 0 Å². The molecule has 1 amide bonds. The Hall–Kier alpha value is -3.80. The molecule has 0 aliphatic rings. The summed E-state index contributed by atoms with van der Waals surface area (Å²) < 4.78 is 57.6. The van der Waals surface area contributed by atoms with Gasteiger partial charge in [0, 0.05) is 6.26 Å². The van der Waals surface area contributed by atoms with E-state index in [4.69, 9.17) is 8.92 Å². The molecule has 11 nitrogen and oxygen atoms in total. The molecule has 0 unspecified atom stereocenters. The van der Waals surface area contributed by atoms with Crippen LogP contribution in [0.3, 0.4) is 0 Å². The van der Waals surface area contributed by atoms with Crippen molar-refractivity contribution in [1.82, 2.24) is 10.2 Å². The highest BCUT2D eigenvalue weighted by atomic mass is 32.2. The van der Waals surface area contributed by atoms with Crippen LogP contribution in [-0.4, -0.2) is 46.3 Å². The van der Waals surface area contributed by atoms with E-state index < -0.39 is 25.9 Å². The van der Waals surface area contributed by atoms with Gasteiger partial charge < -0.3 is 8.92 Å². The Kier molecular flexibility index (Phi) is 7.30. The molecule has 0 fully saturated rings. The summed E-state index contributed by atoms with van der Waals surface area (Å²) in [6.45, 7) is 0. The van der Waals surface area contributed by atoms with E-state index in [-0.39, 0.29) is 25.7 Å². The van der Waals surface area contributed by atoms with E-state index in [2.05, 4.69) is 15.5 Å². The second-order valence-electron chi connectivity index (χ2n) is 6.55. The van der Waals surface area contributed by atoms with Gasteiger partial charge in [-0.25, -0.2) is 8.42 Å². The third kappa shape index (κ3) is 6.16. The van der Waals surface area contributed by atoms with Crippen LogP contribution in [0.4, 0.5) is 5.13 Å². The number of hydrogen-bond donors (Lipinski definition) is 1. The molecule has 0 spiro atoms. The molecule has 1 heterocycles. The first kappa shape index (κ1) is 24.8. The summed E-state index contributed by atoms with van der Waals surface area (Å²) in [6, 6.07) is 13.0. The van der Waals surface area contributed by atoms with Gasteiger partial charge in [0.1, 0.15) is 28.0 Å². The van der Waals surface area contributed by atoms with E-state index in [1.54, 1.807) is 6.07 Å². The van der Waals surface area contributed by atoms with Crippen LogP contribution in [0.1, 0.15) is 5.56 Å². The van der Waals surface area contributed by atoms with E-state index >= 15 is 0 Å². The predicted octanol–water partition coefficient (Wildman–Crippen LogP) is 2.26. The molecule has 2 aromatic carbocycles. The first-order valence-electron chi connectivity index (χ1n) is 9.17. The Morgan fingerprint density at radius 3 is 2.18 bits per heavy atom. The van der Waals surface area contributed by atoms with Gasteiger partial charge in [0.05, 0.1) is 7.11 Å². The molecule has 1 aromatic heterocycles. The molecule has 0 aliphatic carbocycles. The molecule has 0 radical (unpaired) electrons. The third-order valence-corrected chi connectivity index (χ3v) is 7.82. The van der Waals surface area contributed by atoms with Gasteiger partial charge in [-0.15, -0.1) is 10.2 Å². The van der Waals surface area contributed by atoms with Crippen LogP contribution in [-0.2, 0) is 24.7 Å². The summed E-state index contributed by atoms with van der Waals surface area (Å²) in [5, 5.41) is 18.6.